The zero-order valence-corrected chi connectivity index (χ0v) is 9.87. The zero-order valence-electron chi connectivity index (χ0n) is 9.06. The van der Waals surface area contributed by atoms with Gasteiger partial charge in [0.1, 0.15) is 0 Å². The van der Waals surface area contributed by atoms with E-state index in [-0.39, 0.29) is 11.9 Å². The van der Waals surface area contributed by atoms with E-state index in [1.165, 1.54) is 11.3 Å². The van der Waals surface area contributed by atoms with Crippen molar-refractivity contribution < 1.29 is 4.79 Å². The highest BCUT2D eigenvalue weighted by atomic mass is 32.1. The van der Waals surface area contributed by atoms with Crippen LogP contribution >= 0.6 is 11.3 Å². The monoisotopic (exact) mass is 240 g/mol. The van der Waals surface area contributed by atoms with Crippen LogP contribution in [0, 0.1) is 0 Å². The molecule has 1 aromatic heterocycles. The Balaban J connectivity index is 2.03. The normalized spacial score (nSPS) is 22.1. The Hall–Kier alpha value is -1.14. The van der Waals surface area contributed by atoms with Crippen LogP contribution in [0.2, 0.25) is 0 Å². The van der Waals surface area contributed by atoms with Crippen molar-refractivity contribution in [3.8, 4) is 0 Å². The lowest BCUT2D eigenvalue weighted by atomic mass is 10.0. The molecule has 4 N–H and O–H groups in total. The van der Waals surface area contributed by atoms with Gasteiger partial charge in [-0.15, -0.1) is 11.3 Å². The first-order valence-corrected chi connectivity index (χ1v) is 6.22. The van der Waals surface area contributed by atoms with Gasteiger partial charge in [-0.1, -0.05) is 6.42 Å². The molecule has 0 spiro atoms. The Labute approximate surface area is 98.4 Å². The molecule has 1 aliphatic rings. The quantitative estimate of drug-likeness (QED) is 0.808. The lowest BCUT2D eigenvalue weighted by Gasteiger charge is -2.32. The number of hydrogen-bond donors (Lipinski definition) is 2. The lowest BCUT2D eigenvalue weighted by molar-refractivity contribution is -0.124. The highest BCUT2D eigenvalue weighted by Gasteiger charge is 2.27. The van der Waals surface area contributed by atoms with Crippen LogP contribution in [0.25, 0.3) is 0 Å². The van der Waals surface area contributed by atoms with Crippen LogP contribution in [0.5, 0.6) is 0 Å². The number of nitrogens with two attached hydrogens (primary N) is 2. The fraction of sp³-hybridized carbons (Fsp3) is 0.600. The Morgan fingerprint density at radius 3 is 3.06 bits per heavy atom. The molecule has 0 radical (unpaired) electrons. The molecule has 0 saturated carbocycles. The van der Waals surface area contributed by atoms with Crippen molar-refractivity contribution in [2.24, 2.45) is 5.73 Å². The topological polar surface area (TPSA) is 85.2 Å². The molecule has 0 aliphatic carbocycles. The number of nitrogens with zero attached hydrogens (tertiary/aromatic N) is 2. The van der Waals surface area contributed by atoms with E-state index >= 15 is 0 Å². The lowest BCUT2D eigenvalue weighted by Crippen LogP contribution is -2.46. The van der Waals surface area contributed by atoms with Gasteiger partial charge in [0.2, 0.25) is 5.91 Å². The summed E-state index contributed by atoms with van der Waals surface area (Å²) in [5.74, 6) is -0.225. The summed E-state index contributed by atoms with van der Waals surface area (Å²) in [5, 5.41) is 0.572. The summed E-state index contributed by atoms with van der Waals surface area (Å²) in [4.78, 5) is 18.5. The second-order valence-electron chi connectivity index (χ2n) is 4.05. The maximum Gasteiger partial charge on any atom is 0.234 e. The minimum absolute atomic E-state index is 0.128. The summed E-state index contributed by atoms with van der Waals surface area (Å²) in [5.41, 5.74) is 11.0. The largest absolute Gasteiger partial charge is 0.375 e. The number of nitrogen functional groups attached to an aromatic ring is 1. The van der Waals surface area contributed by atoms with Gasteiger partial charge in [-0.25, -0.2) is 4.98 Å². The molecule has 1 atom stereocenters. The van der Waals surface area contributed by atoms with Gasteiger partial charge >= 0.3 is 0 Å². The Kier molecular flexibility index (Phi) is 3.40. The van der Waals surface area contributed by atoms with Crippen molar-refractivity contribution in [3.63, 3.8) is 0 Å². The van der Waals surface area contributed by atoms with Crippen molar-refractivity contribution >= 4 is 22.4 Å². The molecule has 6 heteroatoms. The summed E-state index contributed by atoms with van der Waals surface area (Å²) in [6.07, 6.45) is 4.84. The average Bonchev–Trinajstić information content (AvgIpc) is 2.64. The van der Waals surface area contributed by atoms with Crippen molar-refractivity contribution in [3.05, 3.63) is 11.1 Å². The summed E-state index contributed by atoms with van der Waals surface area (Å²) >= 11 is 1.47. The first-order valence-electron chi connectivity index (χ1n) is 5.40. The molecule has 16 heavy (non-hydrogen) atoms. The van der Waals surface area contributed by atoms with E-state index in [1.54, 1.807) is 6.20 Å². The van der Waals surface area contributed by atoms with Gasteiger partial charge < -0.3 is 11.5 Å². The zero-order chi connectivity index (χ0) is 11.5. The van der Waals surface area contributed by atoms with Gasteiger partial charge in [0, 0.05) is 17.6 Å². The Morgan fingerprint density at radius 2 is 2.44 bits per heavy atom. The fourth-order valence-electron chi connectivity index (χ4n) is 2.10. The first kappa shape index (κ1) is 11.3. The van der Waals surface area contributed by atoms with Crippen molar-refractivity contribution in [1.82, 2.24) is 9.88 Å². The maximum atomic E-state index is 11.3. The van der Waals surface area contributed by atoms with Crippen LogP contribution in [0.3, 0.4) is 0 Å². The van der Waals surface area contributed by atoms with Crippen LogP contribution in [0.1, 0.15) is 24.1 Å². The van der Waals surface area contributed by atoms with E-state index < -0.39 is 0 Å². The summed E-state index contributed by atoms with van der Waals surface area (Å²) in [7, 11) is 0. The van der Waals surface area contributed by atoms with Crippen LogP contribution in [-0.2, 0) is 11.3 Å². The summed E-state index contributed by atoms with van der Waals surface area (Å²) < 4.78 is 0. The summed E-state index contributed by atoms with van der Waals surface area (Å²) in [6.45, 7) is 1.65. The highest BCUT2D eigenvalue weighted by molar-refractivity contribution is 7.15. The van der Waals surface area contributed by atoms with E-state index in [0.29, 0.717) is 5.13 Å². The highest BCUT2D eigenvalue weighted by Crippen LogP contribution is 2.22. The number of aromatic nitrogens is 1. The number of anilines is 1. The van der Waals surface area contributed by atoms with Crippen molar-refractivity contribution in [2.75, 3.05) is 12.3 Å². The maximum absolute atomic E-state index is 11.3. The number of primary amides is 1. The standard InChI is InChI=1S/C10H16N4OS/c11-9(15)8-3-1-2-4-14(8)6-7-5-13-10(12)16-7/h5,8H,1-4,6H2,(H2,11,15)(H2,12,13). The van der Waals surface area contributed by atoms with Crippen LogP contribution in [0.15, 0.2) is 6.20 Å². The molecule has 1 unspecified atom stereocenters. The molecule has 88 valence electrons. The molecule has 0 aromatic carbocycles. The number of thiazole rings is 1. The average molecular weight is 240 g/mol. The van der Waals surface area contributed by atoms with Crippen LogP contribution in [-0.4, -0.2) is 28.4 Å². The van der Waals surface area contributed by atoms with E-state index in [9.17, 15) is 4.79 Å². The van der Waals surface area contributed by atoms with Gasteiger partial charge in [-0.3, -0.25) is 9.69 Å². The fourth-order valence-corrected chi connectivity index (χ4v) is 2.81. The van der Waals surface area contributed by atoms with Gasteiger partial charge in [0.05, 0.1) is 6.04 Å². The molecule has 1 aromatic rings. The molecule has 1 fully saturated rings. The summed E-state index contributed by atoms with van der Waals surface area (Å²) in [6, 6.07) is -0.128. The molecule has 5 nitrogen and oxygen atoms in total. The number of rotatable bonds is 3. The van der Waals surface area contributed by atoms with Gasteiger partial charge in [0.25, 0.3) is 0 Å². The third-order valence-electron chi connectivity index (χ3n) is 2.87. The number of amides is 1. The first-order chi connectivity index (χ1) is 7.66. The van der Waals surface area contributed by atoms with E-state index in [2.05, 4.69) is 9.88 Å². The van der Waals surface area contributed by atoms with Crippen LogP contribution in [0.4, 0.5) is 5.13 Å². The predicted octanol–water partition coefficient (Wildman–Crippen LogP) is 0.565. The van der Waals surface area contributed by atoms with Crippen LogP contribution < -0.4 is 11.5 Å². The second kappa shape index (κ2) is 4.80. The molecule has 1 amide bonds. The predicted molar refractivity (Wildman–Crippen MR) is 63.8 cm³/mol. The number of likely N-dealkylation sites (tertiary alicyclic amines) is 1. The molecule has 0 bridgehead atoms. The molecular weight excluding hydrogens is 224 g/mol. The molecule has 1 saturated heterocycles. The minimum atomic E-state index is -0.225. The Bertz CT molecular complexity index is 379. The second-order valence-corrected chi connectivity index (χ2v) is 5.20. The minimum Gasteiger partial charge on any atom is -0.375 e. The van der Waals surface area contributed by atoms with Crippen molar-refractivity contribution in [1.29, 1.82) is 0 Å². The molecule has 2 heterocycles. The number of carbonyl (C=O) groups excluding carboxylic acids is 1. The third-order valence-corrected chi connectivity index (χ3v) is 3.68. The third kappa shape index (κ3) is 2.51. The molecular formula is C10H16N4OS. The van der Waals surface area contributed by atoms with Gasteiger partial charge in [0.15, 0.2) is 5.13 Å². The van der Waals surface area contributed by atoms with E-state index in [1.807, 2.05) is 0 Å². The number of carbonyl (C=O) groups is 1. The molecule has 2 rings (SSSR count). The van der Waals surface area contributed by atoms with Crippen molar-refractivity contribution in [2.45, 2.75) is 31.8 Å². The number of hydrogen-bond acceptors (Lipinski definition) is 5. The number of piperidine rings is 1. The van der Waals surface area contributed by atoms with E-state index in [4.69, 9.17) is 11.5 Å². The van der Waals surface area contributed by atoms with Gasteiger partial charge in [-0.05, 0) is 19.4 Å². The SMILES string of the molecule is NC(=O)C1CCCCN1Cc1cnc(N)s1. The smallest absolute Gasteiger partial charge is 0.234 e. The van der Waals surface area contributed by atoms with Gasteiger partial charge in [-0.2, -0.15) is 0 Å². The van der Waals surface area contributed by atoms with E-state index in [0.717, 1.165) is 37.2 Å². The molecule has 1 aliphatic heterocycles. The Morgan fingerprint density at radius 1 is 1.62 bits per heavy atom.